The fourth-order valence-electron chi connectivity index (χ4n) is 4.01. The Morgan fingerprint density at radius 3 is 2.34 bits per heavy atom. The van der Waals surface area contributed by atoms with E-state index >= 15 is 0 Å². The van der Waals surface area contributed by atoms with Crippen molar-refractivity contribution in [3.63, 3.8) is 0 Å². The summed E-state index contributed by atoms with van der Waals surface area (Å²) in [4.78, 5) is 4.84. The zero-order valence-electron chi connectivity index (χ0n) is 19.7. The van der Waals surface area contributed by atoms with Gasteiger partial charge in [-0.2, -0.15) is 0 Å². The van der Waals surface area contributed by atoms with Crippen LogP contribution in [-0.4, -0.2) is 12.3 Å². The van der Waals surface area contributed by atoms with Crippen molar-refractivity contribution in [2.45, 2.75) is 80.7 Å². The fourth-order valence-corrected chi connectivity index (χ4v) is 4.01. The van der Waals surface area contributed by atoms with Crippen molar-refractivity contribution in [2.75, 3.05) is 6.54 Å². The first kappa shape index (κ1) is 23.3. The van der Waals surface area contributed by atoms with Gasteiger partial charge in [0.1, 0.15) is 0 Å². The minimum Gasteiger partial charge on any atom is -0.312 e. The van der Waals surface area contributed by atoms with Gasteiger partial charge in [0.15, 0.2) is 0 Å². The quantitative estimate of drug-likeness (QED) is 0.542. The fraction of sp³-hybridized carbons (Fsp3) is 0.519. The molecule has 0 atom stereocenters. The van der Waals surface area contributed by atoms with E-state index in [0.717, 1.165) is 31.8 Å². The average Bonchev–Trinajstić information content (AvgIpc) is 2.68. The third-order valence-corrected chi connectivity index (χ3v) is 5.63. The molecule has 29 heavy (non-hydrogen) atoms. The lowest BCUT2D eigenvalue weighted by atomic mass is 9.95. The zero-order chi connectivity index (χ0) is 21.4. The highest BCUT2D eigenvalue weighted by atomic mass is 14.9. The second-order valence-corrected chi connectivity index (χ2v) is 8.86. The average molecular weight is 393 g/mol. The molecule has 0 saturated carbocycles. The topological polar surface area (TPSA) is 24.4 Å². The molecule has 1 N–H and O–H groups in total. The molecule has 3 rings (SSSR count). The van der Waals surface area contributed by atoms with Crippen molar-refractivity contribution in [3.05, 3.63) is 63.7 Å². The smallest absolute Gasteiger partial charge is 0.0705 e. The van der Waals surface area contributed by atoms with Crippen LogP contribution in [0.4, 0.5) is 5.69 Å². The summed E-state index contributed by atoms with van der Waals surface area (Å²) >= 11 is 0. The number of benzene rings is 2. The lowest BCUT2D eigenvalue weighted by Crippen LogP contribution is -2.23. The number of aryl methyl sites for hydroxylation is 3. The van der Waals surface area contributed by atoms with E-state index < -0.39 is 0 Å². The SMILES string of the molecule is CCCC(C)=Nc1c(C)ccc2c1CNCC2.Cc1cccc(C)c1CC(C)C. The molecule has 2 aromatic carbocycles. The van der Waals surface area contributed by atoms with Crippen LogP contribution in [0.3, 0.4) is 0 Å². The summed E-state index contributed by atoms with van der Waals surface area (Å²) in [5.74, 6) is 0.754. The first-order chi connectivity index (χ1) is 13.8. The normalized spacial score (nSPS) is 13.7. The van der Waals surface area contributed by atoms with Crippen LogP contribution >= 0.6 is 0 Å². The van der Waals surface area contributed by atoms with Crippen LogP contribution < -0.4 is 5.32 Å². The van der Waals surface area contributed by atoms with Crippen molar-refractivity contribution >= 4 is 11.4 Å². The number of aliphatic imine (C=N–C) groups is 1. The van der Waals surface area contributed by atoms with E-state index in [4.69, 9.17) is 4.99 Å². The van der Waals surface area contributed by atoms with Crippen molar-refractivity contribution in [1.82, 2.24) is 5.32 Å². The molecule has 1 aliphatic heterocycles. The maximum absolute atomic E-state index is 4.84. The summed E-state index contributed by atoms with van der Waals surface area (Å²) in [7, 11) is 0. The third-order valence-electron chi connectivity index (χ3n) is 5.63. The highest BCUT2D eigenvalue weighted by molar-refractivity contribution is 5.85. The highest BCUT2D eigenvalue weighted by Crippen LogP contribution is 2.29. The maximum Gasteiger partial charge on any atom is 0.0705 e. The van der Waals surface area contributed by atoms with E-state index in [0.29, 0.717) is 0 Å². The number of rotatable bonds is 5. The van der Waals surface area contributed by atoms with Gasteiger partial charge < -0.3 is 5.32 Å². The van der Waals surface area contributed by atoms with Crippen LogP contribution in [0.5, 0.6) is 0 Å². The molecule has 0 amide bonds. The van der Waals surface area contributed by atoms with Gasteiger partial charge in [-0.1, -0.05) is 57.5 Å². The summed E-state index contributed by atoms with van der Waals surface area (Å²) < 4.78 is 0. The summed E-state index contributed by atoms with van der Waals surface area (Å²) in [5, 5.41) is 3.44. The Balaban J connectivity index is 0.000000221. The van der Waals surface area contributed by atoms with Crippen LogP contribution in [0, 0.1) is 26.7 Å². The number of hydrogen-bond acceptors (Lipinski definition) is 2. The standard InChI is InChI=1S/C15H22N2.C12H18/c1-4-5-12(3)17-15-11(2)6-7-13-8-9-16-10-14(13)15;1-9(2)8-12-10(3)6-5-7-11(12)4/h6-7,16H,4-5,8-10H2,1-3H3;5-7,9H,8H2,1-4H3. The van der Waals surface area contributed by atoms with Gasteiger partial charge in [-0.25, -0.2) is 0 Å². The zero-order valence-corrected chi connectivity index (χ0v) is 19.7. The van der Waals surface area contributed by atoms with Crippen LogP contribution in [0.25, 0.3) is 0 Å². The first-order valence-corrected chi connectivity index (χ1v) is 11.2. The van der Waals surface area contributed by atoms with Gasteiger partial charge in [-0.3, -0.25) is 4.99 Å². The second-order valence-electron chi connectivity index (χ2n) is 8.86. The number of hydrogen-bond donors (Lipinski definition) is 1. The molecule has 2 heteroatoms. The Labute approximate surface area is 178 Å². The van der Waals surface area contributed by atoms with Crippen LogP contribution in [0.2, 0.25) is 0 Å². The largest absolute Gasteiger partial charge is 0.312 e. The minimum absolute atomic E-state index is 0.754. The van der Waals surface area contributed by atoms with Crippen molar-refractivity contribution in [3.8, 4) is 0 Å². The Bertz CT molecular complexity index is 810. The van der Waals surface area contributed by atoms with Gasteiger partial charge in [-0.05, 0) is 92.8 Å². The summed E-state index contributed by atoms with van der Waals surface area (Å²) in [6.45, 7) is 17.5. The van der Waals surface area contributed by atoms with E-state index in [1.54, 1.807) is 0 Å². The monoisotopic (exact) mass is 392 g/mol. The Morgan fingerprint density at radius 1 is 1.03 bits per heavy atom. The second kappa shape index (κ2) is 11.3. The van der Waals surface area contributed by atoms with Gasteiger partial charge >= 0.3 is 0 Å². The van der Waals surface area contributed by atoms with Crippen molar-refractivity contribution in [1.29, 1.82) is 0 Å². The summed E-state index contributed by atoms with van der Waals surface area (Å²) in [6, 6.07) is 11.0. The van der Waals surface area contributed by atoms with Crippen LogP contribution in [-0.2, 0) is 19.4 Å². The number of nitrogens with one attached hydrogen (secondary N) is 1. The van der Waals surface area contributed by atoms with Crippen LogP contribution in [0.15, 0.2) is 35.3 Å². The number of nitrogens with zero attached hydrogens (tertiary/aromatic N) is 1. The van der Waals surface area contributed by atoms with Gasteiger partial charge in [0.25, 0.3) is 0 Å². The first-order valence-electron chi connectivity index (χ1n) is 11.2. The molecule has 0 unspecified atom stereocenters. The molecule has 2 nitrogen and oxygen atoms in total. The molecule has 0 aromatic heterocycles. The predicted molar refractivity (Wildman–Crippen MR) is 129 cm³/mol. The highest BCUT2D eigenvalue weighted by Gasteiger charge is 2.14. The molecule has 0 spiro atoms. The Kier molecular flexibility index (Phi) is 9.10. The summed E-state index contributed by atoms with van der Waals surface area (Å²) in [5.41, 5.74) is 11.0. The van der Waals surface area contributed by atoms with E-state index in [1.807, 2.05) is 0 Å². The van der Waals surface area contributed by atoms with Gasteiger partial charge in [0.05, 0.1) is 5.69 Å². The molecule has 0 radical (unpaired) electrons. The minimum atomic E-state index is 0.754. The van der Waals surface area contributed by atoms with E-state index in [1.165, 1.54) is 57.6 Å². The van der Waals surface area contributed by atoms with E-state index in [-0.39, 0.29) is 0 Å². The number of fused-ring (bicyclic) bond motifs is 1. The molecule has 0 saturated heterocycles. The van der Waals surface area contributed by atoms with Gasteiger partial charge in [0.2, 0.25) is 0 Å². The summed E-state index contributed by atoms with van der Waals surface area (Å²) in [6.07, 6.45) is 4.60. The Hall–Kier alpha value is -1.93. The molecule has 2 aromatic rings. The maximum atomic E-state index is 4.84. The van der Waals surface area contributed by atoms with Crippen molar-refractivity contribution in [2.24, 2.45) is 10.9 Å². The predicted octanol–water partition coefficient (Wildman–Crippen LogP) is 7.04. The third kappa shape index (κ3) is 6.82. The van der Waals surface area contributed by atoms with Gasteiger partial charge in [0, 0.05) is 12.3 Å². The Morgan fingerprint density at radius 2 is 1.72 bits per heavy atom. The lowest BCUT2D eigenvalue weighted by Gasteiger charge is -2.20. The molecule has 1 heterocycles. The van der Waals surface area contributed by atoms with E-state index in [9.17, 15) is 0 Å². The lowest BCUT2D eigenvalue weighted by molar-refractivity contribution is 0.642. The van der Waals surface area contributed by atoms with Crippen molar-refractivity contribution < 1.29 is 0 Å². The van der Waals surface area contributed by atoms with E-state index in [2.05, 4.69) is 84.1 Å². The van der Waals surface area contributed by atoms with Crippen LogP contribution in [0.1, 0.15) is 73.9 Å². The molecule has 0 bridgehead atoms. The van der Waals surface area contributed by atoms with Gasteiger partial charge in [-0.15, -0.1) is 0 Å². The molecule has 0 aliphatic carbocycles. The molecule has 158 valence electrons. The molecular formula is C27H40N2. The molecule has 0 fully saturated rings. The molecular weight excluding hydrogens is 352 g/mol. The molecule has 1 aliphatic rings.